The third-order valence-electron chi connectivity index (χ3n) is 3.73. The van der Waals surface area contributed by atoms with E-state index in [1.165, 1.54) is 18.2 Å². The average molecular weight is 274 g/mol. The molecule has 0 aliphatic carbocycles. The van der Waals surface area contributed by atoms with Gasteiger partial charge in [-0.25, -0.2) is 8.78 Å². The van der Waals surface area contributed by atoms with E-state index in [9.17, 15) is 8.78 Å². The van der Waals surface area contributed by atoms with Gasteiger partial charge in [-0.1, -0.05) is 18.2 Å². The molecule has 1 unspecified atom stereocenters. The van der Waals surface area contributed by atoms with Gasteiger partial charge in [0.1, 0.15) is 11.6 Å². The SMILES string of the molecule is NC(CN1CCc2ccc(F)cc21)c1cccc(F)c1. The summed E-state index contributed by atoms with van der Waals surface area (Å²) >= 11 is 0. The van der Waals surface area contributed by atoms with Gasteiger partial charge in [-0.15, -0.1) is 0 Å². The van der Waals surface area contributed by atoms with Crippen molar-refractivity contribution < 1.29 is 8.78 Å². The largest absolute Gasteiger partial charge is 0.369 e. The molecular weight excluding hydrogens is 258 g/mol. The van der Waals surface area contributed by atoms with E-state index in [0.29, 0.717) is 6.54 Å². The van der Waals surface area contributed by atoms with Crippen molar-refractivity contribution >= 4 is 5.69 Å². The minimum Gasteiger partial charge on any atom is -0.369 e. The van der Waals surface area contributed by atoms with Gasteiger partial charge in [0.05, 0.1) is 0 Å². The van der Waals surface area contributed by atoms with Crippen LogP contribution in [0.15, 0.2) is 42.5 Å². The van der Waals surface area contributed by atoms with Crippen LogP contribution in [0.25, 0.3) is 0 Å². The molecule has 2 aromatic rings. The van der Waals surface area contributed by atoms with E-state index < -0.39 is 0 Å². The highest BCUT2D eigenvalue weighted by Gasteiger charge is 2.21. The maximum Gasteiger partial charge on any atom is 0.125 e. The average Bonchev–Trinajstić information content (AvgIpc) is 2.81. The molecule has 2 N–H and O–H groups in total. The van der Waals surface area contributed by atoms with Crippen molar-refractivity contribution in [3.8, 4) is 0 Å². The fourth-order valence-corrected chi connectivity index (χ4v) is 2.69. The van der Waals surface area contributed by atoms with Gasteiger partial charge in [0.25, 0.3) is 0 Å². The summed E-state index contributed by atoms with van der Waals surface area (Å²) in [5.74, 6) is -0.527. The number of anilines is 1. The second-order valence-corrected chi connectivity index (χ2v) is 5.13. The zero-order chi connectivity index (χ0) is 14.1. The number of hydrogen-bond donors (Lipinski definition) is 1. The van der Waals surface area contributed by atoms with Crippen molar-refractivity contribution in [1.29, 1.82) is 0 Å². The van der Waals surface area contributed by atoms with Crippen molar-refractivity contribution in [3.05, 3.63) is 65.2 Å². The lowest BCUT2D eigenvalue weighted by Gasteiger charge is -2.24. The number of fused-ring (bicyclic) bond motifs is 1. The van der Waals surface area contributed by atoms with E-state index in [1.54, 1.807) is 12.1 Å². The second kappa shape index (κ2) is 5.21. The lowest BCUT2D eigenvalue weighted by Crippen LogP contribution is -2.30. The van der Waals surface area contributed by atoms with Crippen molar-refractivity contribution in [1.82, 2.24) is 0 Å². The Morgan fingerprint density at radius 2 is 1.90 bits per heavy atom. The van der Waals surface area contributed by atoms with Crippen LogP contribution in [-0.2, 0) is 6.42 Å². The summed E-state index contributed by atoms with van der Waals surface area (Å²) in [6.07, 6.45) is 0.894. The molecule has 0 amide bonds. The lowest BCUT2D eigenvalue weighted by molar-refractivity contribution is 0.615. The van der Waals surface area contributed by atoms with Crippen LogP contribution in [0.3, 0.4) is 0 Å². The summed E-state index contributed by atoms with van der Waals surface area (Å²) in [5.41, 5.74) is 8.93. The van der Waals surface area contributed by atoms with Crippen LogP contribution in [0.5, 0.6) is 0 Å². The molecular formula is C16H16F2N2. The number of benzene rings is 2. The molecule has 1 atom stereocenters. The van der Waals surface area contributed by atoms with Gasteiger partial charge < -0.3 is 10.6 Å². The fraction of sp³-hybridized carbons (Fsp3) is 0.250. The molecule has 20 heavy (non-hydrogen) atoms. The third-order valence-corrected chi connectivity index (χ3v) is 3.73. The number of halogens is 2. The van der Waals surface area contributed by atoms with E-state index in [1.807, 2.05) is 12.1 Å². The Hall–Kier alpha value is -1.94. The number of nitrogens with zero attached hydrogens (tertiary/aromatic N) is 1. The van der Waals surface area contributed by atoms with Crippen LogP contribution >= 0.6 is 0 Å². The lowest BCUT2D eigenvalue weighted by atomic mass is 10.1. The Balaban J connectivity index is 1.78. The van der Waals surface area contributed by atoms with E-state index >= 15 is 0 Å². The van der Waals surface area contributed by atoms with Crippen molar-refractivity contribution in [3.63, 3.8) is 0 Å². The van der Waals surface area contributed by atoms with Crippen LogP contribution in [0.1, 0.15) is 17.2 Å². The highest BCUT2D eigenvalue weighted by Crippen LogP contribution is 2.30. The van der Waals surface area contributed by atoms with Gasteiger partial charge in [-0.2, -0.15) is 0 Å². The van der Waals surface area contributed by atoms with Crippen LogP contribution in [0.2, 0.25) is 0 Å². The summed E-state index contributed by atoms with van der Waals surface area (Å²) in [4.78, 5) is 2.06. The predicted octanol–water partition coefficient (Wildman–Crippen LogP) is 3.03. The second-order valence-electron chi connectivity index (χ2n) is 5.13. The molecule has 0 saturated carbocycles. The van der Waals surface area contributed by atoms with Crippen LogP contribution in [-0.4, -0.2) is 13.1 Å². The highest BCUT2D eigenvalue weighted by atomic mass is 19.1. The Kier molecular flexibility index (Phi) is 3.40. The Morgan fingerprint density at radius 1 is 1.10 bits per heavy atom. The van der Waals surface area contributed by atoms with E-state index in [4.69, 9.17) is 5.73 Å². The van der Waals surface area contributed by atoms with Crippen LogP contribution in [0.4, 0.5) is 14.5 Å². The minimum absolute atomic E-state index is 0.241. The van der Waals surface area contributed by atoms with Gasteiger partial charge in [0, 0.05) is 24.8 Å². The summed E-state index contributed by atoms with van der Waals surface area (Å²) in [6, 6.07) is 10.9. The fourth-order valence-electron chi connectivity index (χ4n) is 2.69. The molecule has 1 aliphatic rings. The monoisotopic (exact) mass is 274 g/mol. The topological polar surface area (TPSA) is 29.3 Å². The molecule has 0 radical (unpaired) electrons. The van der Waals surface area contributed by atoms with Crippen LogP contribution < -0.4 is 10.6 Å². The first-order valence-corrected chi connectivity index (χ1v) is 6.68. The molecule has 0 fully saturated rings. The summed E-state index contributed by atoms with van der Waals surface area (Å²) in [7, 11) is 0. The Labute approximate surface area is 116 Å². The minimum atomic E-state index is -0.292. The number of nitrogens with two attached hydrogens (primary N) is 1. The molecule has 1 aliphatic heterocycles. The first-order valence-electron chi connectivity index (χ1n) is 6.68. The maximum atomic E-state index is 13.3. The van der Waals surface area contributed by atoms with Crippen molar-refractivity contribution in [2.75, 3.05) is 18.0 Å². The van der Waals surface area contributed by atoms with Gasteiger partial charge in [0.15, 0.2) is 0 Å². The van der Waals surface area contributed by atoms with E-state index in [-0.39, 0.29) is 17.7 Å². The van der Waals surface area contributed by atoms with Gasteiger partial charge in [-0.3, -0.25) is 0 Å². The van der Waals surface area contributed by atoms with Gasteiger partial charge >= 0.3 is 0 Å². The normalized spacial score (nSPS) is 15.2. The maximum absolute atomic E-state index is 13.3. The quantitative estimate of drug-likeness (QED) is 0.932. The zero-order valence-corrected chi connectivity index (χ0v) is 11.0. The van der Waals surface area contributed by atoms with E-state index in [2.05, 4.69) is 4.90 Å². The molecule has 1 heterocycles. The molecule has 0 saturated heterocycles. The predicted molar refractivity (Wildman–Crippen MR) is 75.6 cm³/mol. The molecule has 0 spiro atoms. The molecule has 2 aromatic carbocycles. The Morgan fingerprint density at radius 3 is 2.70 bits per heavy atom. The van der Waals surface area contributed by atoms with Crippen molar-refractivity contribution in [2.24, 2.45) is 5.73 Å². The molecule has 0 bridgehead atoms. The molecule has 3 rings (SSSR count). The van der Waals surface area contributed by atoms with Crippen molar-refractivity contribution in [2.45, 2.75) is 12.5 Å². The number of rotatable bonds is 3. The van der Waals surface area contributed by atoms with E-state index in [0.717, 1.165) is 29.8 Å². The molecule has 104 valence electrons. The molecule has 4 heteroatoms. The highest BCUT2D eigenvalue weighted by molar-refractivity contribution is 5.58. The number of hydrogen-bond acceptors (Lipinski definition) is 2. The van der Waals surface area contributed by atoms with Crippen LogP contribution in [0, 0.1) is 11.6 Å². The van der Waals surface area contributed by atoms with Gasteiger partial charge in [-0.05, 0) is 41.8 Å². The first-order chi connectivity index (χ1) is 9.63. The zero-order valence-electron chi connectivity index (χ0n) is 11.0. The Bertz CT molecular complexity index is 628. The first kappa shape index (κ1) is 13.1. The molecule has 2 nitrogen and oxygen atoms in total. The molecule has 0 aromatic heterocycles. The standard InChI is InChI=1S/C16H16F2N2/c17-13-3-1-2-12(8-13)15(19)10-20-7-6-11-4-5-14(18)9-16(11)20/h1-5,8-9,15H,6-7,10,19H2. The third kappa shape index (κ3) is 2.51. The van der Waals surface area contributed by atoms with Gasteiger partial charge in [0.2, 0.25) is 0 Å². The smallest absolute Gasteiger partial charge is 0.125 e. The summed E-state index contributed by atoms with van der Waals surface area (Å²) in [6.45, 7) is 1.38. The summed E-state index contributed by atoms with van der Waals surface area (Å²) in [5, 5.41) is 0. The summed E-state index contributed by atoms with van der Waals surface area (Å²) < 4.78 is 26.6.